The van der Waals surface area contributed by atoms with Crippen molar-refractivity contribution >= 4 is 37.6 Å². The molecule has 0 fully saturated rings. The van der Waals surface area contributed by atoms with Crippen LogP contribution in [0.25, 0.3) is 55.2 Å². The minimum Gasteiger partial charge on any atom is -0.247 e. The van der Waals surface area contributed by atoms with Crippen molar-refractivity contribution < 1.29 is 0 Å². The van der Waals surface area contributed by atoms with Crippen molar-refractivity contribution in [2.24, 2.45) is 0 Å². The molecule has 5 aromatic carbocycles. The van der Waals surface area contributed by atoms with Gasteiger partial charge in [-0.25, -0.2) is 4.98 Å². The number of hydrogen-bond donors (Lipinski definition) is 0. The predicted molar refractivity (Wildman–Crippen MR) is 151 cm³/mol. The van der Waals surface area contributed by atoms with Crippen molar-refractivity contribution in [2.45, 2.75) is 11.8 Å². The highest BCUT2D eigenvalue weighted by Crippen LogP contribution is 2.41. The number of rotatable bonds is 3. The average Bonchev–Trinajstić information content (AvgIpc) is 3.29. The Kier molecular flexibility index (Phi) is 4.82. The number of halogens is 1. The Hall–Kier alpha value is -3.75. The van der Waals surface area contributed by atoms with Crippen LogP contribution in [0, 0.1) is 0 Å². The molecule has 0 saturated carbocycles. The first kappa shape index (κ1) is 20.6. The lowest BCUT2D eigenvalue weighted by Crippen LogP contribution is -1.91. The molecule has 0 N–H and O–H groups in total. The number of para-hydroxylation sites is 1. The van der Waals surface area contributed by atoms with E-state index in [0.717, 1.165) is 23.0 Å². The van der Waals surface area contributed by atoms with Crippen LogP contribution in [0.4, 0.5) is 0 Å². The molecule has 0 radical (unpaired) electrons. The summed E-state index contributed by atoms with van der Waals surface area (Å²) in [5.41, 5.74) is 12.6. The van der Waals surface area contributed by atoms with Crippen molar-refractivity contribution in [3.8, 4) is 33.5 Å². The monoisotopic (exact) mass is 511 g/mol. The first-order valence-corrected chi connectivity index (χ1v) is 13.1. The maximum Gasteiger partial charge on any atom is 0.0788 e. The van der Waals surface area contributed by atoms with Crippen LogP contribution >= 0.6 is 15.9 Å². The van der Waals surface area contributed by atoms with Crippen molar-refractivity contribution in [2.75, 3.05) is 0 Å². The maximum absolute atomic E-state index is 5.11. The molecule has 1 aliphatic rings. The topological polar surface area (TPSA) is 12.9 Å². The number of nitrogens with zero attached hydrogens (tertiary/aromatic N) is 1. The summed E-state index contributed by atoms with van der Waals surface area (Å²) in [6.45, 7) is 0. The Bertz CT molecular complexity index is 1750. The Labute approximate surface area is 213 Å². The molecule has 0 amide bonds. The van der Waals surface area contributed by atoms with E-state index in [0.29, 0.717) is 0 Å². The molecule has 1 aromatic heterocycles. The van der Waals surface area contributed by atoms with Crippen LogP contribution in [0.2, 0.25) is 0 Å². The smallest absolute Gasteiger partial charge is 0.0788 e. The zero-order valence-corrected chi connectivity index (χ0v) is 20.7. The van der Waals surface area contributed by atoms with E-state index in [4.69, 9.17) is 4.98 Å². The third kappa shape index (κ3) is 3.40. The van der Waals surface area contributed by atoms with Crippen LogP contribution in [-0.2, 0) is 11.8 Å². The number of pyridine rings is 1. The van der Waals surface area contributed by atoms with Crippen molar-refractivity contribution in [3.63, 3.8) is 0 Å². The summed E-state index contributed by atoms with van der Waals surface area (Å²) in [4.78, 5) is 5.11. The molecular weight excluding hydrogens is 490 g/mol. The SMILES string of the molecule is BrCc1ccc(-c2ccc3c(c2)Cc2cc(-c4nc5ccccc5c5ccccc45)ccc2-3)cc1. The maximum atomic E-state index is 5.11. The quantitative estimate of drug-likeness (QED) is 0.170. The Balaban J connectivity index is 1.31. The highest BCUT2D eigenvalue weighted by Gasteiger charge is 2.20. The minimum absolute atomic E-state index is 0.885. The fourth-order valence-electron chi connectivity index (χ4n) is 5.45. The molecule has 6 aromatic rings. The second kappa shape index (κ2) is 8.18. The summed E-state index contributed by atoms with van der Waals surface area (Å²) in [5, 5.41) is 4.55. The summed E-state index contributed by atoms with van der Waals surface area (Å²) in [6.07, 6.45) is 0.956. The number of aromatic nitrogens is 1. The molecule has 166 valence electrons. The van der Waals surface area contributed by atoms with E-state index >= 15 is 0 Å². The third-order valence-electron chi connectivity index (χ3n) is 7.21. The molecule has 7 rings (SSSR count). The van der Waals surface area contributed by atoms with Crippen LogP contribution < -0.4 is 0 Å². The van der Waals surface area contributed by atoms with Crippen LogP contribution in [0.3, 0.4) is 0 Å². The predicted octanol–water partition coefficient (Wildman–Crippen LogP) is 9.19. The largest absolute Gasteiger partial charge is 0.247 e. The lowest BCUT2D eigenvalue weighted by molar-refractivity contribution is 1.26. The molecule has 0 aliphatic heterocycles. The van der Waals surface area contributed by atoms with Crippen LogP contribution in [0.15, 0.2) is 109 Å². The van der Waals surface area contributed by atoms with Gasteiger partial charge < -0.3 is 0 Å². The first-order valence-electron chi connectivity index (χ1n) is 12.0. The molecule has 0 spiro atoms. The molecule has 1 nitrogen and oxygen atoms in total. The van der Waals surface area contributed by atoms with E-state index in [1.54, 1.807) is 0 Å². The van der Waals surface area contributed by atoms with Gasteiger partial charge in [0, 0.05) is 21.7 Å². The van der Waals surface area contributed by atoms with Crippen molar-refractivity contribution in [1.29, 1.82) is 0 Å². The summed E-state index contributed by atoms with van der Waals surface area (Å²) in [6, 6.07) is 39.7. The van der Waals surface area contributed by atoms with E-state index < -0.39 is 0 Å². The van der Waals surface area contributed by atoms with Gasteiger partial charge in [0.05, 0.1) is 11.2 Å². The van der Waals surface area contributed by atoms with Gasteiger partial charge in [0.15, 0.2) is 0 Å². The van der Waals surface area contributed by atoms with E-state index in [1.165, 1.54) is 60.7 Å². The summed E-state index contributed by atoms with van der Waals surface area (Å²) < 4.78 is 0. The van der Waals surface area contributed by atoms with E-state index in [9.17, 15) is 0 Å². The number of fused-ring (bicyclic) bond motifs is 6. The molecule has 2 heteroatoms. The van der Waals surface area contributed by atoms with E-state index in [-0.39, 0.29) is 0 Å². The molecule has 0 atom stereocenters. The van der Waals surface area contributed by atoms with Gasteiger partial charge in [0.2, 0.25) is 0 Å². The Morgan fingerprint density at radius 2 is 1.17 bits per heavy atom. The fraction of sp³-hybridized carbons (Fsp3) is 0.0606. The molecule has 0 bridgehead atoms. The normalized spacial score (nSPS) is 12.1. The van der Waals surface area contributed by atoms with Gasteiger partial charge in [-0.05, 0) is 62.9 Å². The molecular formula is C33H22BrN. The van der Waals surface area contributed by atoms with E-state index in [2.05, 4.69) is 125 Å². The van der Waals surface area contributed by atoms with Crippen LogP contribution in [0.5, 0.6) is 0 Å². The third-order valence-corrected chi connectivity index (χ3v) is 7.85. The number of benzene rings is 5. The zero-order chi connectivity index (χ0) is 23.4. The van der Waals surface area contributed by atoms with Gasteiger partial charge >= 0.3 is 0 Å². The zero-order valence-electron chi connectivity index (χ0n) is 19.1. The van der Waals surface area contributed by atoms with Gasteiger partial charge in [-0.15, -0.1) is 0 Å². The first-order chi connectivity index (χ1) is 17.3. The van der Waals surface area contributed by atoms with Gasteiger partial charge in [0.1, 0.15) is 0 Å². The lowest BCUT2D eigenvalue weighted by Gasteiger charge is -2.11. The number of alkyl halides is 1. The second-order valence-electron chi connectivity index (χ2n) is 9.27. The molecule has 0 unspecified atom stereocenters. The van der Waals surface area contributed by atoms with Crippen LogP contribution in [-0.4, -0.2) is 4.98 Å². The molecule has 0 saturated heterocycles. The molecule has 35 heavy (non-hydrogen) atoms. The second-order valence-corrected chi connectivity index (χ2v) is 9.84. The lowest BCUT2D eigenvalue weighted by atomic mass is 9.97. The molecule has 1 heterocycles. The Morgan fingerprint density at radius 1 is 0.571 bits per heavy atom. The standard InChI is InChI=1S/C33H22BrN/c34-20-21-9-11-22(12-10-21)23-13-15-27-25(17-23)19-26-18-24(14-16-28(26)27)33-31-7-2-1-5-29(31)30-6-3-4-8-32(30)35-33/h1-18H,19-20H2. The molecule has 1 aliphatic carbocycles. The van der Waals surface area contributed by atoms with Crippen LogP contribution in [0.1, 0.15) is 16.7 Å². The summed E-state index contributed by atoms with van der Waals surface area (Å²) in [5.74, 6) is 0. The summed E-state index contributed by atoms with van der Waals surface area (Å²) in [7, 11) is 0. The highest BCUT2D eigenvalue weighted by molar-refractivity contribution is 9.08. The van der Waals surface area contributed by atoms with Crippen molar-refractivity contribution in [1.82, 2.24) is 4.98 Å². The number of hydrogen-bond acceptors (Lipinski definition) is 1. The van der Waals surface area contributed by atoms with Crippen molar-refractivity contribution in [3.05, 3.63) is 126 Å². The Morgan fingerprint density at radius 3 is 1.91 bits per heavy atom. The van der Waals surface area contributed by atoms with Gasteiger partial charge in [-0.1, -0.05) is 113 Å². The fourth-order valence-corrected chi connectivity index (χ4v) is 5.82. The van der Waals surface area contributed by atoms with Gasteiger partial charge in [-0.2, -0.15) is 0 Å². The average molecular weight is 512 g/mol. The van der Waals surface area contributed by atoms with E-state index in [1.807, 2.05) is 0 Å². The van der Waals surface area contributed by atoms with Gasteiger partial charge in [-0.3, -0.25) is 0 Å². The van der Waals surface area contributed by atoms with Gasteiger partial charge in [0.25, 0.3) is 0 Å². The minimum atomic E-state index is 0.885. The highest BCUT2D eigenvalue weighted by atomic mass is 79.9. The summed E-state index contributed by atoms with van der Waals surface area (Å²) >= 11 is 3.54.